The summed E-state index contributed by atoms with van der Waals surface area (Å²) < 4.78 is 5.35. The number of hydrogen-bond donors (Lipinski definition) is 3. The molecule has 0 atom stereocenters. The van der Waals surface area contributed by atoms with Crippen LogP contribution in [-0.4, -0.2) is 42.2 Å². The molecule has 7 heteroatoms. The van der Waals surface area contributed by atoms with Gasteiger partial charge in [0, 0.05) is 37.1 Å². The minimum absolute atomic E-state index is 0.0385. The molecule has 0 aliphatic carbocycles. The zero-order valence-corrected chi connectivity index (χ0v) is 15.4. The summed E-state index contributed by atoms with van der Waals surface area (Å²) in [6, 6.07) is 9.58. The third kappa shape index (κ3) is 6.07. The Labute approximate surface area is 158 Å². The highest BCUT2D eigenvalue weighted by molar-refractivity contribution is 5.95. The SMILES string of the molecule is Cc1cc(-c2cccc(C(=O)NCC3CCOCC3)c2)cnc1N.O=CO. The van der Waals surface area contributed by atoms with Crippen molar-refractivity contribution >= 4 is 18.2 Å². The number of nitrogens with zero attached hydrogens (tertiary/aromatic N) is 1. The number of nitrogens with two attached hydrogens (primary N) is 1. The second kappa shape index (κ2) is 10.3. The fourth-order valence-electron chi connectivity index (χ4n) is 2.87. The lowest BCUT2D eigenvalue weighted by Crippen LogP contribution is -2.32. The van der Waals surface area contributed by atoms with E-state index in [0.717, 1.165) is 42.7 Å². The van der Waals surface area contributed by atoms with Crippen LogP contribution < -0.4 is 11.1 Å². The van der Waals surface area contributed by atoms with Crippen LogP contribution in [0.25, 0.3) is 11.1 Å². The van der Waals surface area contributed by atoms with Crippen molar-refractivity contribution in [1.29, 1.82) is 0 Å². The number of carbonyl (C=O) groups is 2. The molecule has 1 amide bonds. The monoisotopic (exact) mass is 371 g/mol. The molecular formula is C20H25N3O4. The van der Waals surface area contributed by atoms with E-state index >= 15 is 0 Å². The maximum absolute atomic E-state index is 12.4. The second-order valence-electron chi connectivity index (χ2n) is 6.38. The number of amides is 1. The number of benzene rings is 1. The Morgan fingerprint density at radius 1 is 1.33 bits per heavy atom. The van der Waals surface area contributed by atoms with Crippen molar-refractivity contribution in [3.63, 3.8) is 0 Å². The number of hydrogen-bond acceptors (Lipinski definition) is 5. The molecule has 2 heterocycles. The number of ether oxygens (including phenoxy) is 1. The predicted octanol–water partition coefficient (Wildman–Crippen LogP) is 2.50. The van der Waals surface area contributed by atoms with Gasteiger partial charge in [-0.2, -0.15) is 0 Å². The molecule has 2 aromatic rings. The van der Waals surface area contributed by atoms with E-state index in [1.165, 1.54) is 0 Å². The van der Waals surface area contributed by atoms with Crippen molar-refractivity contribution in [1.82, 2.24) is 10.3 Å². The van der Waals surface area contributed by atoms with Crippen LogP contribution in [0.4, 0.5) is 5.82 Å². The van der Waals surface area contributed by atoms with Crippen molar-refractivity contribution in [2.45, 2.75) is 19.8 Å². The maximum Gasteiger partial charge on any atom is 0.290 e. The molecule has 0 radical (unpaired) electrons. The van der Waals surface area contributed by atoms with Crippen molar-refractivity contribution in [2.75, 3.05) is 25.5 Å². The van der Waals surface area contributed by atoms with Gasteiger partial charge in [0.05, 0.1) is 0 Å². The van der Waals surface area contributed by atoms with E-state index in [9.17, 15) is 4.79 Å². The standard InChI is InChI=1S/C19H23N3O2.CH2O2/c1-13-9-17(12-21-18(13)20)15-3-2-4-16(10-15)19(23)22-11-14-5-7-24-8-6-14;2-1-3/h2-4,9-10,12,14H,5-8,11H2,1H3,(H2,20,21)(H,22,23);1H,(H,2,3). The lowest BCUT2D eigenvalue weighted by Gasteiger charge is -2.22. The Balaban J connectivity index is 0.000000817. The number of rotatable bonds is 4. The summed E-state index contributed by atoms with van der Waals surface area (Å²) >= 11 is 0. The number of carbonyl (C=O) groups excluding carboxylic acids is 1. The molecule has 0 unspecified atom stereocenters. The van der Waals surface area contributed by atoms with Crippen LogP contribution in [0.2, 0.25) is 0 Å². The molecule has 1 aromatic heterocycles. The number of nitrogen functional groups attached to an aromatic ring is 1. The average molecular weight is 371 g/mol. The average Bonchev–Trinajstić information content (AvgIpc) is 2.70. The number of aryl methyl sites for hydroxylation is 1. The number of carboxylic acid groups (broad SMARTS) is 1. The molecule has 0 bridgehead atoms. The van der Waals surface area contributed by atoms with E-state index in [-0.39, 0.29) is 12.4 Å². The fraction of sp³-hybridized carbons (Fsp3) is 0.350. The first-order chi connectivity index (χ1) is 13.0. The Bertz CT molecular complexity index is 774. The van der Waals surface area contributed by atoms with Crippen molar-refractivity contribution in [3.8, 4) is 11.1 Å². The normalized spacial score (nSPS) is 14.0. The van der Waals surface area contributed by atoms with Crippen molar-refractivity contribution < 1.29 is 19.4 Å². The molecule has 0 saturated carbocycles. The number of aromatic nitrogens is 1. The zero-order chi connectivity index (χ0) is 19.6. The summed E-state index contributed by atoms with van der Waals surface area (Å²) in [6.07, 6.45) is 3.76. The van der Waals surface area contributed by atoms with Gasteiger partial charge in [0.2, 0.25) is 0 Å². The molecule has 1 fully saturated rings. The molecule has 1 saturated heterocycles. The van der Waals surface area contributed by atoms with Gasteiger partial charge in [0.1, 0.15) is 5.82 Å². The summed E-state index contributed by atoms with van der Waals surface area (Å²) in [5.74, 6) is 1.00. The van der Waals surface area contributed by atoms with E-state index in [2.05, 4.69) is 10.3 Å². The highest BCUT2D eigenvalue weighted by Crippen LogP contribution is 2.22. The number of anilines is 1. The molecule has 7 nitrogen and oxygen atoms in total. The van der Waals surface area contributed by atoms with Crippen molar-refractivity contribution in [2.24, 2.45) is 5.92 Å². The van der Waals surface area contributed by atoms with Gasteiger partial charge in [0.15, 0.2) is 0 Å². The number of pyridine rings is 1. The minimum atomic E-state index is -0.250. The lowest BCUT2D eigenvalue weighted by atomic mass is 10.00. The molecular weight excluding hydrogens is 346 g/mol. The van der Waals surface area contributed by atoms with Gasteiger partial charge in [-0.1, -0.05) is 12.1 Å². The Kier molecular flexibility index (Phi) is 7.76. The first-order valence-electron chi connectivity index (χ1n) is 8.81. The maximum atomic E-state index is 12.4. The van der Waals surface area contributed by atoms with Gasteiger partial charge in [0.25, 0.3) is 12.4 Å². The van der Waals surface area contributed by atoms with E-state index in [1.54, 1.807) is 6.20 Å². The summed E-state index contributed by atoms with van der Waals surface area (Å²) in [5.41, 5.74) is 9.29. The zero-order valence-electron chi connectivity index (χ0n) is 15.4. The summed E-state index contributed by atoms with van der Waals surface area (Å²) in [6.45, 7) is 3.96. The van der Waals surface area contributed by atoms with Gasteiger partial charge in [-0.3, -0.25) is 9.59 Å². The molecule has 0 spiro atoms. The molecule has 3 rings (SSSR count). The predicted molar refractivity (Wildman–Crippen MR) is 103 cm³/mol. The highest BCUT2D eigenvalue weighted by atomic mass is 16.5. The van der Waals surface area contributed by atoms with Gasteiger partial charge >= 0.3 is 0 Å². The van der Waals surface area contributed by atoms with Crippen LogP contribution in [0.3, 0.4) is 0 Å². The Hall–Kier alpha value is -2.93. The lowest BCUT2D eigenvalue weighted by molar-refractivity contribution is -0.122. The van der Waals surface area contributed by atoms with Crippen LogP contribution in [0.5, 0.6) is 0 Å². The first kappa shape index (κ1) is 20.4. The Morgan fingerprint density at radius 3 is 2.70 bits per heavy atom. The van der Waals surface area contributed by atoms with Crippen molar-refractivity contribution in [3.05, 3.63) is 47.7 Å². The van der Waals surface area contributed by atoms with Gasteiger partial charge in [-0.25, -0.2) is 4.98 Å². The van der Waals surface area contributed by atoms with Crippen LogP contribution in [-0.2, 0) is 9.53 Å². The van der Waals surface area contributed by atoms with Crippen LogP contribution in [0.1, 0.15) is 28.8 Å². The number of nitrogens with one attached hydrogen (secondary N) is 1. The minimum Gasteiger partial charge on any atom is -0.483 e. The van der Waals surface area contributed by atoms with Crippen LogP contribution >= 0.6 is 0 Å². The van der Waals surface area contributed by atoms with Crippen LogP contribution in [0, 0.1) is 12.8 Å². The van der Waals surface area contributed by atoms with Gasteiger partial charge in [-0.15, -0.1) is 0 Å². The molecule has 4 N–H and O–H groups in total. The molecule has 1 aliphatic heterocycles. The first-order valence-corrected chi connectivity index (χ1v) is 8.81. The fourth-order valence-corrected chi connectivity index (χ4v) is 2.87. The van der Waals surface area contributed by atoms with Gasteiger partial charge in [-0.05, 0) is 55.0 Å². The smallest absolute Gasteiger partial charge is 0.290 e. The van der Waals surface area contributed by atoms with Gasteiger partial charge < -0.3 is 20.9 Å². The van der Waals surface area contributed by atoms with E-state index in [0.29, 0.717) is 23.8 Å². The largest absolute Gasteiger partial charge is 0.483 e. The molecule has 27 heavy (non-hydrogen) atoms. The van der Waals surface area contributed by atoms with E-state index in [1.807, 2.05) is 37.3 Å². The van der Waals surface area contributed by atoms with E-state index < -0.39 is 0 Å². The third-order valence-corrected chi connectivity index (χ3v) is 4.47. The molecule has 144 valence electrons. The summed E-state index contributed by atoms with van der Waals surface area (Å²) in [5, 5.41) is 9.93. The summed E-state index contributed by atoms with van der Waals surface area (Å²) in [4.78, 5) is 25.0. The van der Waals surface area contributed by atoms with E-state index in [4.69, 9.17) is 20.4 Å². The highest BCUT2D eigenvalue weighted by Gasteiger charge is 2.15. The molecule has 1 aliphatic rings. The topological polar surface area (TPSA) is 115 Å². The Morgan fingerprint density at radius 2 is 2.04 bits per heavy atom. The second-order valence-corrected chi connectivity index (χ2v) is 6.38. The van der Waals surface area contributed by atoms with Crippen LogP contribution in [0.15, 0.2) is 36.5 Å². The third-order valence-electron chi connectivity index (χ3n) is 4.47. The molecule has 1 aromatic carbocycles. The summed E-state index contributed by atoms with van der Waals surface area (Å²) in [7, 11) is 0. The quantitative estimate of drug-likeness (QED) is 0.712.